The molecule has 0 amide bonds. The van der Waals surface area contributed by atoms with Gasteiger partial charge in [0, 0.05) is 42.5 Å². The van der Waals surface area contributed by atoms with E-state index in [2.05, 4.69) is 42.0 Å². The van der Waals surface area contributed by atoms with Crippen molar-refractivity contribution in [2.45, 2.75) is 43.7 Å². The van der Waals surface area contributed by atoms with Crippen LogP contribution in [-0.4, -0.2) is 47.6 Å². The second-order valence-electron chi connectivity index (χ2n) is 9.07. The first-order valence-electron chi connectivity index (χ1n) is 10.8. The summed E-state index contributed by atoms with van der Waals surface area (Å²) < 4.78 is 40.8. The predicted molar refractivity (Wildman–Crippen MR) is 114 cm³/mol. The minimum atomic E-state index is -4.55. The Labute approximate surface area is 186 Å². The van der Waals surface area contributed by atoms with E-state index in [1.54, 1.807) is 6.20 Å². The van der Waals surface area contributed by atoms with E-state index >= 15 is 0 Å². The smallest absolute Gasteiger partial charge is 0.356 e. The highest BCUT2D eigenvalue weighted by atomic mass is 19.4. The molecule has 1 atom stereocenters. The number of anilines is 1. The van der Waals surface area contributed by atoms with Crippen molar-refractivity contribution >= 4 is 11.5 Å². The van der Waals surface area contributed by atoms with Gasteiger partial charge in [-0.15, -0.1) is 0 Å². The maximum atomic E-state index is 13.1. The second-order valence-corrected chi connectivity index (χ2v) is 9.07. The Morgan fingerprint density at radius 2 is 1.97 bits per heavy atom. The van der Waals surface area contributed by atoms with Gasteiger partial charge in [0.1, 0.15) is 11.5 Å². The Kier molecular flexibility index (Phi) is 4.27. The standard InChI is InChI=1S/C22H21F3N8/c1-21(4-5-21)19-14(8-29-31-19)13-3-7-32(11-13)17-2-6-26-20(30-17)15-9-28-18-10-27-16(12-33(15)18)22(23,24)25/h2,6,8-10,12-13H,3-5,7,11H2,1H3,(H,29,31). The molecule has 4 aromatic rings. The molecule has 1 saturated carbocycles. The van der Waals surface area contributed by atoms with Gasteiger partial charge < -0.3 is 4.90 Å². The largest absolute Gasteiger partial charge is 0.434 e. The summed E-state index contributed by atoms with van der Waals surface area (Å²) in [5.41, 5.74) is 2.43. The van der Waals surface area contributed by atoms with Gasteiger partial charge in [-0.3, -0.25) is 9.50 Å². The summed E-state index contributed by atoms with van der Waals surface area (Å²) >= 11 is 0. The fourth-order valence-corrected chi connectivity index (χ4v) is 4.60. The summed E-state index contributed by atoms with van der Waals surface area (Å²) in [6.45, 7) is 3.90. The zero-order valence-electron chi connectivity index (χ0n) is 17.8. The van der Waals surface area contributed by atoms with Crippen LogP contribution in [0.2, 0.25) is 0 Å². The number of hydrogen-bond donors (Lipinski definition) is 1. The third-order valence-corrected chi connectivity index (χ3v) is 6.78. The van der Waals surface area contributed by atoms with Crippen LogP contribution in [0.4, 0.5) is 19.0 Å². The van der Waals surface area contributed by atoms with E-state index < -0.39 is 11.9 Å². The van der Waals surface area contributed by atoms with Crippen molar-refractivity contribution in [1.29, 1.82) is 0 Å². The number of nitrogens with one attached hydrogen (secondary N) is 1. The van der Waals surface area contributed by atoms with Gasteiger partial charge in [0.15, 0.2) is 17.2 Å². The van der Waals surface area contributed by atoms with Crippen LogP contribution in [0.5, 0.6) is 0 Å². The van der Waals surface area contributed by atoms with Gasteiger partial charge in [-0.1, -0.05) is 6.92 Å². The third kappa shape index (κ3) is 3.42. The van der Waals surface area contributed by atoms with E-state index in [4.69, 9.17) is 0 Å². The molecule has 0 radical (unpaired) electrons. The summed E-state index contributed by atoms with van der Waals surface area (Å²) in [7, 11) is 0. The number of aromatic nitrogens is 7. The zero-order chi connectivity index (χ0) is 22.8. The first-order valence-corrected chi connectivity index (χ1v) is 10.8. The fourth-order valence-electron chi connectivity index (χ4n) is 4.60. The molecular weight excluding hydrogens is 433 g/mol. The van der Waals surface area contributed by atoms with Crippen LogP contribution in [0.15, 0.2) is 37.1 Å². The van der Waals surface area contributed by atoms with Crippen LogP contribution in [0.25, 0.3) is 17.2 Å². The van der Waals surface area contributed by atoms with Crippen LogP contribution < -0.4 is 4.90 Å². The average Bonchev–Trinajstić information content (AvgIpc) is 3.25. The van der Waals surface area contributed by atoms with Crippen molar-refractivity contribution in [3.05, 3.63) is 54.0 Å². The molecule has 5 heterocycles. The maximum absolute atomic E-state index is 13.1. The number of halogens is 3. The fraction of sp³-hybridized carbons (Fsp3) is 0.409. The van der Waals surface area contributed by atoms with Gasteiger partial charge in [0.05, 0.1) is 18.6 Å². The van der Waals surface area contributed by atoms with Gasteiger partial charge in [0.25, 0.3) is 0 Å². The van der Waals surface area contributed by atoms with Gasteiger partial charge in [0.2, 0.25) is 0 Å². The van der Waals surface area contributed by atoms with Gasteiger partial charge in [-0.25, -0.2) is 19.9 Å². The number of imidazole rings is 1. The highest BCUT2D eigenvalue weighted by molar-refractivity contribution is 5.58. The predicted octanol–water partition coefficient (Wildman–Crippen LogP) is 3.97. The maximum Gasteiger partial charge on any atom is 0.434 e. The Bertz CT molecular complexity index is 1340. The molecule has 6 rings (SSSR count). The van der Waals surface area contributed by atoms with Crippen molar-refractivity contribution in [3.8, 4) is 11.5 Å². The Morgan fingerprint density at radius 1 is 1.12 bits per heavy atom. The lowest BCUT2D eigenvalue weighted by Crippen LogP contribution is -2.21. The molecule has 1 N–H and O–H groups in total. The number of H-pyrrole nitrogens is 1. The molecule has 1 saturated heterocycles. The van der Waals surface area contributed by atoms with Crippen LogP contribution in [-0.2, 0) is 11.6 Å². The molecule has 33 heavy (non-hydrogen) atoms. The number of fused-ring (bicyclic) bond motifs is 1. The Morgan fingerprint density at radius 3 is 2.76 bits per heavy atom. The Hall–Kier alpha value is -3.50. The van der Waals surface area contributed by atoms with E-state index in [9.17, 15) is 13.2 Å². The average molecular weight is 454 g/mol. The van der Waals surface area contributed by atoms with E-state index in [1.807, 2.05) is 12.3 Å². The summed E-state index contributed by atoms with van der Waals surface area (Å²) in [6.07, 6.45) is 5.87. The van der Waals surface area contributed by atoms with E-state index in [0.717, 1.165) is 37.7 Å². The lowest BCUT2D eigenvalue weighted by Gasteiger charge is -2.19. The van der Waals surface area contributed by atoms with Crippen molar-refractivity contribution < 1.29 is 13.2 Å². The molecular formula is C22H21F3N8. The minimum Gasteiger partial charge on any atom is -0.356 e. The van der Waals surface area contributed by atoms with Gasteiger partial charge in [-0.05, 0) is 30.9 Å². The van der Waals surface area contributed by atoms with E-state index in [0.29, 0.717) is 23.1 Å². The quantitative estimate of drug-likeness (QED) is 0.502. The van der Waals surface area contributed by atoms with E-state index in [-0.39, 0.29) is 5.41 Å². The zero-order valence-corrected chi connectivity index (χ0v) is 17.8. The van der Waals surface area contributed by atoms with Crippen LogP contribution >= 0.6 is 0 Å². The molecule has 2 aliphatic rings. The lowest BCUT2D eigenvalue weighted by atomic mass is 9.92. The molecule has 1 aliphatic carbocycles. The summed E-state index contributed by atoms with van der Waals surface area (Å²) in [6, 6.07) is 1.83. The number of aromatic amines is 1. The third-order valence-electron chi connectivity index (χ3n) is 6.78. The number of rotatable bonds is 4. The first-order chi connectivity index (χ1) is 15.8. The van der Waals surface area contributed by atoms with Gasteiger partial charge in [-0.2, -0.15) is 18.3 Å². The molecule has 0 bridgehead atoms. The highest BCUT2D eigenvalue weighted by Gasteiger charge is 2.43. The normalized spacial score (nSPS) is 20.0. The lowest BCUT2D eigenvalue weighted by molar-refractivity contribution is -0.141. The first kappa shape index (κ1) is 20.1. The highest BCUT2D eigenvalue weighted by Crippen LogP contribution is 2.49. The molecule has 170 valence electrons. The van der Waals surface area contributed by atoms with Crippen molar-refractivity contribution in [3.63, 3.8) is 0 Å². The Balaban J connectivity index is 1.29. The van der Waals surface area contributed by atoms with Crippen LogP contribution in [0.1, 0.15) is 49.1 Å². The summed E-state index contributed by atoms with van der Waals surface area (Å²) in [4.78, 5) is 18.8. The second kappa shape index (κ2) is 7.00. The minimum absolute atomic E-state index is 0.217. The van der Waals surface area contributed by atoms with Gasteiger partial charge >= 0.3 is 6.18 Å². The monoisotopic (exact) mass is 454 g/mol. The van der Waals surface area contributed by atoms with Crippen molar-refractivity contribution in [2.75, 3.05) is 18.0 Å². The molecule has 11 heteroatoms. The SMILES string of the molecule is CC1(c2[nH]ncc2C2CCN(c3ccnc(-c4cnc5cnc(C(F)(F)F)cn45)n3)C2)CC1. The number of alkyl halides is 3. The molecule has 0 spiro atoms. The number of nitrogens with zero attached hydrogens (tertiary/aromatic N) is 7. The molecule has 1 unspecified atom stereocenters. The molecule has 1 aliphatic heterocycles. The van der Waals surface area contributed by atoms with E-state index in [1.165, 1.54) is 34.7 Å². The number of hydrogen-bond acceptors (Lipinski definition) is 6. The molecule has 8 nitrogen and oxygen atoms in total. The molecule has 2 fully saturated rings. The van der Waals surface area contributed by atoms with Crippen LogP contribution in [0, 0.1) is 0 Å². The molecule has 4 aromatic heterocycles. The van der Waals surface area contributed by atoms with Crippen LogP contribution in [0.3, 0.4) is 0 Å². The topological polar surface area (TPSA) is 87.9 Å². The summed E-state index contributed by atoms with van der Waals surface area (Å²) in [5.74, 6) is 1.41. The van der Waals surface area contributed by atoms with Crippen molar-refractivity contribution in [1.82, 2.24) is 34.5 Å². The summed E-state index contributed by atoms with van der Waals surface area (Å²) in [5, 5.41) is 7.52. The molecule has 0 aromatic carbocycles. The van der Waals surface area contributed by atoms with Crippen molar-refractivity contribution in [2.24, 2.45) is 0 Å².